The van der Waals surface area contributed by atoms with Crippen molar-refractivity contribution >= 4 is 11.9 Å². The second kappa shape index (κ2) is 11.3. The Bertz CT molecular complexity index is 1190. The van der Waals surface area contributed by atoms with E-state index in [4.69, 9.17) is 9.47 Å². The molecule has 1 amide bonds. The number of hydrogen-bond donors (Lipinski definition) is 2. The maximum Gasteiger partial charge on any atom is 0.305 e. The lowest BCUT2D eigenvalue weighted by Gasteiger charge is -2.29. The monoisotopic (exact) mass is 491 g/mol. The second-order valence-corrected chi connectivity index (χ2v) is 9.28. The van der Waals surface area contributed by atoms with Crippen LogP contribution in [0.2, 0.25) is 0 Å². The number of aromatic nitrogens is 2. The minimum absolute atomic E-state index is 0.109. The Kier molecular flexibility index (Phi) is 7.93. The molecule has 2 N–H and O–H groups in total. The molecule has 4 rings (SSSR count). The zero-order valence-corrected chi connectivity index (χ0v) is 21.0. The van der Waals surface area contributed by atoms with Gasteiger partial charge in [-0.2, -0.15) is 5.10 Å². The molecule has 1 saturated carbocycles. The van der Waals surface area contributed by atoms with Crippen LogP contribution in [0.4, 0.5) is 0 Å². The zero-order chi connectivity index (χ0) is 25.7. The number of hydrogen-bond acceptors (Lipinski definition) is 5. The largest absolute Gasteiger partial charge is 0.496 e. The predicted molar refractivity (Wildman–Crippen MR) is 137 cm³/mol. The number of aryl methyl sites for hydroxylation is 1. The lowest BCUT2D eigenvalue weighted by atomic mass is 9.82. The summed E-state index contributed by atoms with van der Waals surface area (Å²) in [6, 6.07) is 14.6. The first kappa shape index (κ1) is 25.3. The highest BCUT2D eigenvalue weighted by atomic mass is 16.5. The number of amides is 1. The van der Waals surface area contributed by atoms with Crippen LogP contribution in [0.3, 0.4) is 0 Å². The van der Waals surface area contributed by atoms with Crippen LogP contribution < -0.4 is 14.8 Å². The summed E-state index contributed by atoms with van der Waals surface area (Å²) in [5.41, 5.74) is 3.38. The van der Waals surface area contributed by atoms with Gasteiger partial charge in [0.2, 0.25) is 0 Å². The molecule has 1 unspecified atom stereocenters. The fraction of sp³-hybridized carbons (Fsp3) is 0.393. The van der Waals surface area contributed by atoms with Gasteiger partial charge in [-0.25, -0.2) is 4.68 Å². The van der Waals surface area contributed by atoms with Gasteiger partial charge in [0.1, 0.15) is 11.5 Å². The van der Waals surface area contributed by atoms with E-state index in [1.54, 1.807) is 25.0 Å². The van der Waals surface area contributed by atoms with E-state index in [0.29, 0.717) is 22.8 Å². The van der Waals surface area contributed by atoms with Gasteiger partial charge in [-0.3, -0.25) is 9.59 Å². The standard InChI is InChI=1S/C28H33N3O5/c1-18-12-14-20(15-13-18)31-23(27-24(35-2)10-7-11-25(27)36-3)16-22(30-31)28(34)29-21(17-26(32)33)19-8-5-4-6-9-19/h7,10-16,19,21H,4-6,8-9,17H2,1-3H3,(H,29,34)(H,32,33). The normalized spacial score (nSPS) is 14.8. The van der Waals surface area contributed by atoms with Crippen molar-refractivity contribution < 1.29 is 24.2 Å². The van der Waals surface area contributed by atoms with Crippen molar-refractivity contribution in [2.75, 3.05) is 14.2 Å². The second-order valence-electron chi connectivity index (χ2n) is 9.28. The fourth-order valence-corrected chi connectivity index (χ4v) is 4.96. The lowest BCUT2D eigenvalue weighted by molar-refractivity contribution is -0.137. The molecule has 8 heteroatoms. The molecule has 0 saturated heterocycles. The number of ether oxygens (including phenoxy) is 2. The number of carboxylic acids is 1. The van der Waals surface area contributed by atoms with Gasteiger partial charge in [-0.1, -0.05) is 43.0 Å². The first-order chi connectivity index (χ1) is 17.4. The fourth-order valence-electron chi connectivity index (χ4n) is 4.96. The van der Waals surface area contributed by atoms with Crippen LogP contribution in [0.1, 0.15) is 54.6 Å². The smallest absolute Gasteiger partial charge is 0.305 e. The highest BCUT2D eigenvalue weighted by Gasteiger charge is 2.29. The number of carboxylic acid groups (broad SMARTS) is 1. The molecule has 1 heterocycles. The molecule has 8 nitrogen and oxygen atoms in total. The number of nitrogens with zero attached hydrogens (tertiary/aromatic N) is 2. The minimum atomic E-state index is -0.921. The zero-order valence-electron chi connectivity index (χ0n) is 21.0. The van der Waals surface area contributed by atoms with E-state index in [1.807, 2.05) is 49.4 Å². The molecule has 2 aromatic carbocycles. The third-order valence-corrected chi connectivity index (χ3v) is 6.83. The van der Waals surface area contributed by atoms with Crippen LogP contribution in [0, 0.1) is 12.8 Å². The average Bonchev–Trinajstić information content (AvgIpc) is 3.33. The quantitative estimate of drug-likeness (QED) is 0.436. The number of rotatable bonds is 9. The summed E-state index contributed by atoms with van der Waals surface area (Å²) in [5.74, 6) is -0.00358. The van der Waals surface area contributed by atoms with Crippen molar-refractivity contribution in [1.82, 2.24) is 15.1 Å². The summed E-state index contributed by atoms with van der Waals surface area (Å²) >= 11 is 0. The van der Waals surface area contributed by atoms with Crippen LogP contribution in [-0.2, 0) is 4.79 Å². The first-order valence-corrected chi connectivity index (χ1v) is 12.3. The summed E-state index contributed by atoms with van der Waals surface area (Å²) in [6.45, 7) is 2.00. The average molecular weight is 492 g/mol. The molecule has 0 bridgehead atoms. The summed E-state index contributed by atoms with van der Waals surface area (Å²) in [7, 11) is 3.16. The van der Waals surface area contributed by atoms with Gasteiger partial charge in [0.25, 0.3) is 5.91 Å². The van der Waals surface area contributed by atoms with E-state index < -0.39 is 17.9 Å². The number of nitrogens with one attached hydrogen (secondary N) is 1. The van der Waals surface area contributed by atoms with Gasteiger partial charge in [0.15, 0.2) is 5.69 Å². The summed E-state index contributed by atoms with van der Waals surface area (Å²) < 4.78 is 12.9. The Morgan fingerprint density at radius 3 is 2.28 bits per heavy atom. The Balaban J connectivity index is 1.76. The van der Waals surface area contributed by atoms with Gasteiger partial charge in [-0.15, -0.1) is 0 Å². The summed E-state index contributed by atoms with van der Waals surface area (Å²) in [5, 5.41) is 17.1. The van der Waals surface area contributed by atoms with E-state index in [2.05, 4.69) is 10.4 Å². The van der Waals surface area contributed by atoms with Crippen molar-refractivity contribution in [2.24, 2.45) is 5.92 Å². The minimum Gasteiger partial charge on any atom is -0.496 e. The Labute approximate surface area is 211 Å². The highest BCUT2D eigenvalue weighted by Crippen LogP contribution is 2.39. The number of benzene rings is 2. The molecule has 0 aliphatic heterocycles. The molecular weight excluding hydrogens is 458 g/mol. The van der Waals surface area contributed by atoms with Gasteiger partial charge in [-0.05, 0) is 56.0 Å². The lowest BCUT2D eigenvalue weighted by Crippen LogP contribution is -2.42. The summed E-state index contributed by atoms with van der Waals surface area (Å²) in [6.07, 6.45) is 4.98. The number of carbonyl (C=O) groups excluding carboxylic acids is 1. The summed E-state index contributed by atoms with van der Waals surface area (Å²) in [4.78, 5) is 25.0. The van der Waals surface area contributed by atoms with Gasteiger partial charge in [0.05, 0.1) is 37.6 Å². The van der Waals surface area contributed by atoms with Gasteiger partial charge < -0.3 is 19.9 Å². The number of aliphatic carboxylic acids is 1. The number of methoxy groups -OCH3 is 2. The highest BCUT2D eigenvalue weighted by molar-refractivity contribution is 5.94. The van der Waals surface area contributed by atoms with Crippen molar-refractivity contribution in [3.8, 4) is 28.4 Å². The molecule has 0 radical (unpaired) electrons. The first-order valence-electron chi connectivity index (χ1n) is 12.3. The SMILES string of the molecule is COc1cccc(OC)c1-c1cc(C(=O)NC(CC(=O)O)C2CCCCC2)nn1-c1ccc(C)cc1. The van der Waals surface area contributed by atoms with Crippen molar-refractivity contribution in [1.29, 1.82) is 0 Å². The third kappa shape index (κ3) is 5.53. The molecule has 0 spiro atoms. The third-order valence-electron chi connectivity index (χ3n) is 6.83. The topological polar surface area (TPSA) is 103 Å². The molecule has 1 fully saturated rings. The van der Waals surface area contributed by atoms with Crippen molar-refractivity contribution in [2.45, 2.75) is 51.5 Å². The molecule has 1 aliphatic carbocycles. The van der Waals surface area contributed by atoms with E-state index in [-0.39, 0.29) is 18.0 Å². The van der Waals surface area contributed by atoms with Crippen molar-refractivity contribution in [3.63, 3.8) is 0 Å². The van der Waals surface area contributed by atoms with E-state index >= 15 is 0 Å². The number of carbonyl (C=O) groups is 2. The molecule has 36 heavy (non-hydrogen) atoms. The maximum absolute atomic E-state index is 13.4. The van der Waals surface area contributed by atoms with E-state index in [1.165, 1.54) is 0 Å². The molecule has 1 atom stereocenters. The van der Waals surface area contributed by atoms with Crippen LogP contribution in [0.25, 0.3) is 16.9 Å². The van der Waals surface area contributed by atoms with Gasteiger partial charge >= 0.3 is 5.97 Å². The maximum atomic E-state index is 13.4. The van der Waals surface area contributed by atoms with Crippen molar-refractivity contribution in [3.05, 3.63) is 59.8 Å². The molecular formula is C28H33N3O5. The van der Waals surface area contributed by atoms with Crippen LogP contribution in [-0.4, -0.2) is 47.0 Å². The molecule has 3 aromatic rings. The Morgan fingerprint density at radius 1 is 1.06 bits per heavy atom. The van der Waals surface area contributed by atoms with E-state index in [9.17, 15) is 14.7 Å². The van der Waals surface area contributed by atoms with Crippen LogP contribution >= 0.6 is 0 Å². The Morgan fingerprint density at radius 2 is 1.69 bits per heavy atom. The molecule has 1 aliphatic rings. The molecule has 190 valence electrons. The molecule has 1 aromatic heterocycles. The van der Waals surface area contributed by atoms with Crippen LogP contribution in [0.5, 0.6) is 11.5 Å². The van der Waals surface area contributed by atoms with Gasteiger partial charge in [0, 0.05) is 6.04 Å². The Hall–Kier alpha value is -3.81. The van der Waals surface area contributed by atoms with Crippen LogP contribution in [0.15, 0.2) is 48.5 Å². The van der Waals surface area contributed by atoms with E-state index in [0.717, 1.165) is 43.4 Å². The predicted octanol–water partition coefficient (Wildman–Crippen LogP) is 5.02.